The van der Waals surface area contributed by atoms with Crippen LogP contribution >= 0.6 is 0 Å². The number of amides is 1. The number of carbonyl (C=O) groups excluding carboxylic acids is 1. The van der Waals surface area contributed by atoms with Crippen molar-refractivity contribution in [3.8, 4) is 11.5 Å². The normalized spacial score (nSPS) is 14.4. The van der Waals surface area contributed by atoms with Gasteiger partial charge in [0.1, 0.15) is 0 Å². The van der Waals surface area contributed by atoms with Crippen molar-refractivity contribution in [2.45, 2.75) is 13.8 Å². The van der Waals surface area contributed by atoms with Gasteiger partial charge in [-0.25, -0.2) is 4.79 Å². The Labute approximate surface area is 157 Å². The molecule has 6 heteroatoms. The van der Waals surface area contributed by atoms with Crippen molar-refractivity contribution >= 4 is 29.2 Å². The van der Waals surface area contributed by atoms with Crippen LogP contribution in [-0.2, 0) is 9.59 Å². The molecule has 3 rings (SSSR count). The molecule has 0 saturated carbocycles. The molecule has 1 N–H and O–H groups in total. The van der Waals surface area contributed by atoms with Crippen LogP contribution in [0, 0.1) is 0 Å². The summed E-state index contributed by atoms with van der Waals surface area (Å²) in [6.07, 6.45) is 1.82. The number of hydrogen-bond acceptors (Lipinski definition) is 4. The Bertz CT molecular complexity index is 903. The summed E-state index contributed by atoms with van der Waals surface area (Å²) < 4.78 is 10.8. The number of likely N-dealkylation sites (N-methyl/N-ethyl adjacent to an activating group) is 1. The number of carbonyl (C=O) groups is 2. The van der Waals surface area contributed by atoms with E-state index in [4.69, 9.17) is 14.6 Å². The van der Waals surface area contributed by atoms with Gasteiger partial charge in [-0.3, -0.25) is 4.79 Å². The number of hydrogen-bond donors (Lipinski definition) is 1. The van der Waals surface area contributed by atoms with Crippen LogP contribution in [-0.4, -0.2) is 36.7 Å². The molecular formula is C21H21NO5. The van der Waals surface area contributed by atoms with Crippen molar-refractivity contribution in [1.29, 1.82) is 0 Å². The van der Waals surface area contributed by atoms with E-state index in [0.717, 1.165) is 16.8 Å². The molecule has 140 valence electrons. The minimum Gasteiger partial charge on any atom is -0.490 e. The van der Waals surface area contributed by atoms with Crippen molar-refractivity contribution in [2.75, 3.05) is 24.7 Å². The molecule has 2 aromatic carbocycles. The summed E-state index contributed by atoms with van der Waals surface area (Å²) in [7, 11) is 0. The van der Waals surface area contributed by atoms with Crippen LogP contribution in [0.5, 0.6) is 11.5 Å². The maximum absolute atomic E-state index is 12.8. The Hall–Kier alpha value is -3.28. The molecule has 0 spiro atoms. The van der Waals surface area contributed by atoms with E-state index in [2.05, 4.69) is 0 Å². The first-order valence-corrected chi connectivity index (χ1v) is 8.79. The molecule has 0 aromatic heterocycles. The molecule has 0 saturated heterocycles. The molecule has 0 fully saturated rings. The van der Waals surface area contributed by atoms with Crippen molar-refractivity contribution in [2.24, 2.45) is 0 Å². The second-order valence-electron chi connectivity index (χ2n) is 5.95. The quantitative estimate of drug-likeness (QED) is 0.759. The van der Waals surface area contributed by atoms with Crippen LogP contribution in [0.3, 0.4) is 0 Å². The van der Waals surface area contributed by atoms with Crippen LogP contribution in [0.15, 0.2) is 42.5 Å². The van der Waals surface area contributed by atoms with E-state index in [-0.39, 0.29) is 5.91 Å². The Morgan fingerprint density at radius 1 is 1.11 bits per heavy atom. The third-order valence-corrected chi connectivity index (χ3v) is 4.21. The Balaban J connectivity index is 1.98. The van der Waals surface area contributed by atoms with Gasteiger partial charge in [0.05, 0.1) is 12.3 Å². The highest BCUT2D eigenvalue weighted by molar-refractivity contribution is 6.35. The zero-order valence-corrected chi connectivity index (χ0v) is 15.3. The first kappa shape index (κ1) is 18.5. The van der Waals surface area contributed by atoms with Gasteiger partial charge in [0.2, 0.25) is 0 Å². The number of fused-ring (bicyclic) bond motifs is 1. The van der Waals surface area contributed by atoms with Crippen molar-refractivity contribution in [3.63, 3.8) is 0 Å². The number of carboxylic acids is 1. The number of nitrogens with zero attached hydrogens (tertiary/aromatic N) is 1. The summed E-state index contributed by atoms with van der Waals surface area (Å²) >= 11 is 0. The third-order valence-electron chi connectivity index (χ3n) is 4.21. The molecule has 0 aliphatic carbocycles. The zero-order valence-electron chi connectivity index (χ0n) is 15.3. The minimum atomic E-state index is -1.06. The van der Waals surface area contributed by atoms with Crippen molar-refractivity contribution < 1.29 is 24.2 Å². The number of benzene rings is 2. The van der Waals surface area contributed by atoms with Gasteiger partial charge in [0, 0.05) is 17.7 Å². The second kappa shape index (κ2) is 7.95. The van der Waals surface area contributed by atoms with E-state index in [9.17, 15) is 9.59 Å². The molecule has 6 nitrogen and oxygen atoms in total. The minimum absolute atomic E-state index is 0.0390. The van der Waals surface area contributed by atoms with E-state index in [1.165, 1.54) is 0 Å². The summed E-state index contributed by atoms with van der Waals surface area (Å²) in [6.45, 7) is 4.34. The van der Waals surface area contributed by atoms with Gasteiger partial charge in [0.25, 0.3) is 5.91 Å². The van der Waals surface area contributed by atoms with Crippen molar-refractivity contribution in [1.82, 2.24) is 0 Å². The standard InChI is InChI=1S/C21H21NO5/c1-3-22-17-8-6-5-7-15(17)16(21(22)25)11-14-9-10-18(27-13-20(23)24)19(12-14)26-4-2/h5-12H,3-4,13H2,1-2H3,(H,23,24)/b16-11-. The topological polar surface area (TPSA) is 76.1 Å². The van der Waals surface area contributed by atoms with Gasteiger partial charge in [-0.2, -0.15) is 0 Å². The first-order valence-electron chi connectivity index (χ1n) is 8.79. The molecular weight excluding hydrogens is 346 g/mol. The maximum atomic E-state index is 12.8. The molecule has 0 bridgehead atoms. The monoisotopic (exact) mass is 367 g/mol. The molecule has 0 atom stereocenters. The lowest BCUT2D eigenvalue weighted by Crippen LogP contribution is -2.25. The Kier molecular flexibility index (Phi) is 5.45. The van der Waals surface area contributed by atoms with Crippen LogP contribution < -0.4 is 14.4 Å². The fourth-order valence-electron chi connectivity index (χ4n) is 3.07. The third kappa shape index (κ3) is 3.79. The number of rotatable bonds is 7. The SMILES string of the molecule is CCOc1cc(/C=C2\C(=O)N(CC)c3ccccc32)ccc1OCC(=O)O. The summed E-state index contributed by atoms with van der Waals surface area (Å²) in [6, 6.07) is 12.9. The van der Waals surface area contributed by atoms with Gasteiger partial charge in [0.15, 0.2) is 18.1 Å². The van der Waals surface area contributed by atoms with Crippen LogP contribution in [0.1, 0.15) is 25.0 Å². The zero-order chi connectivity index (χ0) is 19.4. The molecule has 27 heavy (non-hydrogen) atoms. The van der Waals surface area contributed by atoms with E-state index in [1.54, 1.807) is 23.1 Å². The average molecular weight is 367 g/mol. The van der Waals surface area contributed by atoms with Crippen LogP contribution in [0.2, 0.25) is 0 Å². The molecule has 1 aliphatic rings. The highest BCUT2D eigenvalue weighted by Crippen LogP contribution is 2.38. The second-order valence-corrected chi connectivity index (χ2v) is 5.95. The molecule has 1 aliphatic heterocycles. The lowest BCUT2D eigenvalue weighted by atomic mass is 10.0. The molecule has 2 aromatic rings. The van der Waals surface area contributed by atoms with E-state index < -0.39 is 12.6 Å². The Morgan fingerprint density at radius 3 is 2.59 bits per heavy atom. The van der Waals surface area contributed by atoms with Gasteiger partial charge >= 0.3 is 5.97 Å². The van der Waals surface area contributed by atoms with Gasteiger partial charge in [-0.05, 0) is 43.7 Å². The van der Waals surface area contributed by atoms with Crippen LogP contribution in [0.25, 0.3) is 11.6 Å². The first-order chi connectivity index (χ1) is 13.0. The lowest BCUT2D eigenvalue weighted by Gasteiger charge is -2.13. The predicted molar refractivity (Wildman–Crippen MR) is 103 cm³/mol. The fourth-order valence-corrected chi connectivity index (χ4v) is 3.07. The maximum Gasteiger partial charge on any atom is 0.341 e. The van der Waals surface area contributed by atoms with Gasteiger partial charge < -0.3 is 19.5 Å². The number of aliphatic carboxylic acids is 1. The molecule has 0 radical (unpaired) electrons. The number of para-hydroxylation sites is 1. The molecule has 1 amide bonds. The number of anilines is 1. The van der Waals surface area contributed by atoms with E-state index in [1.807, 2.05) is 44.2 Å². The number of ether oxygens (including phenoxy) is 2. The number of carboxylic acid groups (broad SMARTS) is 1. The lowest BCUT2D eigenvalue weighted by molar-refractivity contribution is -0.139. The smallest absolute Gasteiger partial charge is 0.341 e. The predicted octanol–water partition coefficient (Wildman–Crippen LogP) is 3.46. The molecule has 0 unspecified atom stereocenters. The summed E-state index contributed by atoms with van der Waals surface area (Å²) in [5.41, 5.74) is 3.20. The Morgan fingerprint density at radius 2 is 1.89 bits per heavy atom. The highest BCUT2D eigenvalue weighted by Gasteiger charge is 2.30. The largest absolute Gasteiger partial charge is 0.490 e. The fraction of sp³-hybridized carbons (Fsp3) is 0.238. The van der Waals surface area contributed by atoms with Gasteiger partial charge in [-0.1, -0.05) is 24.3 Å². The van der Waals surface area contributed by atoms with E-state index >= 15 is 0 Å². The van der Waals surface area contributed by atoms with Gasteiger partial charge in [-0.15, -0.1) is 0 Å². The summed E-state index contributed by atoms with van der Waals surface area (Å²) in [5, 5.41) is 8.79. The van der Waals surface area contributed by atoms with Crippen molar-refractivity contribution in [3.05, 3.63) is 53.6 Å². The van der Waals surface area contributed by atoms with Crippen LogP contribution in [0.4, 0.5) is 5.69 Å². The summed E-state index contributed by atoms with van der Waals surface area (Å²) in [5.74, 6) is -0.298. The average Bonchev–Trinajstić information content (AvgIpc) is 2.92. The van der Waals surface area contributed by atoms with E-state index in [0.29, 0.717) is 30.2 Å². The summed E-state index contributed by atoms with van der Waals surface area (Å²) in [4.78, 5) is 25.3. The molecule has 1 heterocycles. The highest BCUT2D eigenvalue weighted by atomic mass is 16.5.